The third-order valence-electron chi connectivity index (χ3n) is 6.78. The number of carbonyl (C=O) groups excluding carboxylic acids is 2. The van der Waals surface area contributed by atoms with E-state index in [-0.39, 0.29) is 12.6 Å². The lowest BCUT2D eigenvalue weighted by Gasteiger charge is -2.56. The summed E-state index contributed by atoms with van der Waals surface area (Å²) in [6.45, 7) is 10.2. The fraction of sp³-hybridized carbons (Fsp3) is 0.524. The maximum absolute atomic E-state index is 13.6. The highest BCUT2D eigenvalue weighted by Gasteiger charge is 2.69. The van der Waals surface area contributed by atoms with Crippen LogP contribution in [0.5, 0.6) is 5.75 Å². The second kappa shape index (κ2) is 5.58. The van der Waals surface area contributed by atoms with Crippen molar-refractivity contribution >= 4 is 11.9 Å². The summed E-state index contributed by atoms with van der Waals surface area (Å²) in [6, 6.07) is 5.27. The highest BCUT2D eigenvalue weighted by atomic mass is 16.8. The first-order valence-corrected chi connectivity index (χ1v) is 9.08. The van der Waals surface area contributed by atoms with Crippen molar-refractivity contribution in [3.05, 3.63) is 41.5 Å². The zero-order valence-corrected chi connectivity index (χ0v) is 16.1. The predicted octanol–water partition coefficient (Wildman–Crippen LogP) is 4.19. The minimum absolute atomic E-state index is 0.0204. The number of ketones is 1. The summed E-state index contributed by atoms with van der Waals surface area (Å²) in [5, 5.41) is 0. The Labute approximate surface area is 158 Å². The summed E-state index contributed by atoms with van der Waals surface area (Å²) in [6.07, 6.45) is -0.431. The van der Waals surface area contributed by atoms with Gasteiger partial charge in [-0.05, 0) is 25.8 Å². The Hall–Kier alpha value is -2.34. The van der Waals surface area contributed by atoms with Crippen molar-refractivity contribution in [1.82, 2.24) is 0 Å². The molecule has 1 heterocycles. The molecule has 3 atom stereocenters. The number of hydrogen-bond acceptors (Lipinski definition) is 6. The molecule has 3 aliphatic carbocycles. The number of fused-ring (bicyclic) bond motifs is 2. The summed E-state index contributed by atoms with van der Waals surface area (Å²) in [5.74, 6) is 0.428. The molecule has 6 heteroatoms. The highest BCUT2D eigenvalue weighted by Crippen LogP contribution is 2.66. The van der Waals surface area contributed by atoms with Crippen LogP contribution < -0.4 is 4.74 Å². The minimum Gasteiger partial charge on any atom is -0.467 e. The number of benzene rings is 1. The Morgan fingerprint density at radius 3 is 2.67 bits per heavy atom. The van der Waals surface area contributed by atoms with Crippen LogP contribution in [0.1, 0.15) is 55.6 Å². The Kier molecular flexibility index (Phi) is 3.73. The molecule has 2 bridgehead atoms. The van der Waals surface area contributed by atoms with Gasteiger partial charge in [0.05, 0.1) is 5.41 Å². The lowest BCUT2D eigenvalue weighted by Crippen LogP contribution is -2.59. The van der Waals surface area contributed by atoms with Crippen molar-refractivity contribution in [1.29, 1.82) is 0 Å². The van der Waals surface area contributed by atoms with Crippen molar-refractivity contribution in [2.45, 2.75) is 45.3 Å². The SMILES string of the molecule is C=C1C2(C)CC[C@]3(OC(=O)O[C@H]3c3c(OCOC)cccc3C2=O)C1(C)C. The van der Waals surface area contributed by atoms with Gasteiger partial charge in [-0.2, -0.15) is 0 Å². The lowest BCUT2D eigenvalue weighted by molar-refractivity contribution is -0.0944. The van der Waals surface area contributed by atoms with Crippen LogP contribution in [0.25, 0.3) is 0 Å². The van der Waals surface area contributed by atoms with Gasteiger partial charge in [0.1, 0.15) is 5.75 Å². The second-order valence-electron chi connectivity index (χ2n) is 8.27. The van der Waals surface area contributed by atoms with Crippen LogP contribution in [0.4, 0.5) is 4.79 Å². The molecule has 2 fully saturated rings. The van der Waals surface area contributed by atoms with Crippen molar-refractivity contribution in [2.75, 3.05) is 13.9 Å². The standard InChI is InChI=1S/C21H24O6/c1-12-19(2,3)21-10-9-20(12,4)16(22)13-7-6-8-14(25-11-24-5)15(13)17(21)26-18(23)27-21/h6-8,17H,1,9-11H2,2-5H3/t17-,20?,21+/m0/s1. The topological polar surface area (TPSA) is 71.1 Å². The summed E-state index contributed by atoms with van der Waals surface area (Å²) in [5.41, 5.74) is -0.541. The van der Waals surface area contributed by atoms with Crippen molar-refractivity contribution in [2.24, 2.45) is 10.8 Å². The van der Waals surface area contributed by atoms with Gasteiger partial charge in [0, 0.05) is 23.7 Å². The van der Waals surface area contributed by atoms with Crippen molar-refractivity contribution < 1.29 is 28.5 Å². The van der Waals surface area contributed by atoms with Crippen LogP contribution in [-0.2, 0) is 14.2 Å². The molecule has 1 saturated heterocycles. The fourth-order valence-corrected chi connectivity index (χ4v) is 5.00. The van der Waals surface area contributed by atoms with Crippen LogP contribution >= 0.6 is 0 Å². The van der Waals surface area contributed by atoms with Crippen molar-refractivity contribution in [3.63, 3.8) is 0 Å². The van der Waals surface area contributed by atoms with Gasteiger partial charge in [-0.15, -0.1) is 0 Å². The molecule has 6 nitrogen and oxygen atoms in total. The van der Waals surface area contributed by atoms with E-state index < -0.39 is 28.7 Å². The van der Waals surface area contributed by atoms with E-state index in [1.807, 2.05) is 20.8 Å². The van der Waals surface area contributed by atoms with Gasteiger partial charge in [-0.25, -0.2) is 4.79 Å². The molecular formula is C21H24O6. The molecule has 1 unspecified atom stereocenters. The second-order valence-corrected chi connectivity index (χ2v) is 8.27. The number of ether oxygens (including phenoxy) is 4. The van der Waals surface area contributed by atoms with Gasteiger partial charge in [0.15, 0.2) is 24.3 Å². The maximum atomic E-state index is 13.6. The zero-order valence-electron chi connectivity index (χ0n) is 16.1. The van der Waals surface area contributed by atoms with E-state index in [9.17, 15) is 9.59 Å². The van der Waals surface area contributed by atoms with Gasteiger partial charge < -0.3 is 18.9 Å². The molecule has 27 heavy (non-hydrogen) atoms. The van der Waals surface area contributed by atoms with Gasteiger partial charge in [-0.3, -0.25) is 4.79 Å². The average molecular weight is 372 g/mol. The first-order valence-electron chi connectivity index (χ1n) is 9.08. The van der Waals surface area contributed by atoms with E-state index in [1.165, 1.54) is 7.11 Å². The number of hydrogen-bond donors (Lipinski definition) is 0. The molecule has 0 amide bonds. The van der Waals surface area contributed by atoms with E-state index in [0.717, 1.165) is 5.57 Å². The smallest absolute Gasteiger partial charge is 0.467 e. The molecule has 1 aromatic rings. The molecule has 0 aromatic heterocycles. The number of Topliss-reactive ketones (excluding diaryl/α,β-unsaturated/α-hetero) is 1. The maximum Gasteiger partial charge on any atom is 0.509 e. The van der Waals surface area contributed by atoms with Gasteiger partial charge in [0.2, 0.25) is 0 Å². The third kappa shape index (κ3) is 2.10. The first kappa shape index (κ1) is 18.0. The molecule has 4 aliphatic rings. The first-order chi connectivity index (χ1) is 12.7. The summed E-state index contributed by atoms with van der Waals surface area (Å²) >= 11 is 0. The average Bonchev–Trinajstić information content (AvgIpc) is 2.98. The van der Waals surface area contributed by atoms with Crippen LogP contribution in [0, 0.1) is 10.8 Å². The molecule has 1 saturated carbocycles. The minimum atomic E-state index is -0.942. The fourth-order valence-electron chi connectivity index (χ4n) is 5.00. The molecule has 1 aromatic carbocycles. The normalized spacial score (nSPS) is 33.5. The molecule has 144 valence electrons. The Balaban J connectivity index is 2.04. The Morgan fingerprint density at radius 1 is 1.22 bits per heavy atom. The highest BCUT2D eigenvalue weighted by molar-refractivity contribution is 6.05. The quantitative estimate of drug-likeness (QED) is 0.450. The van der Waals surface area contributed by atoms with E-state index in [4.69, 9.17) is 18.9 Å². The van der Waals surface area contributed by atoms with Crippen LogP contribution in [0.15, 0.2) is 30.4 Å². The Bertz CT molecular complexity index is 856. The van der Waals surface area contributed by atoms with Gasteiger partial charge in [-0.1, -0.05) is 38.1 Å². The predicted molar refractivity (Wildman–Crippen MR) is 96.6 cm³/mol. The van der Waals surface area contributed by atoms with Crippen LogP contribution in [-0.4, -0.2) is 31.4 Å². The Morgan fingerprint density at radius 2 is 1.96 bits per heavy atom. The van der Waals surface area contributed by atoms with E-state index >= 15 is 0 Å². The van der Waals surface area contributed by atoms with E-state index in [2.05, 4.69) is 6.58 Å². The number of methoxy groups -OCH3 is 1. The molecule has 1 spiro atoms. The number of carbonyl (C=O) groups is 2. The molecule has 0 N–H and O–H groups in total. The van der Waals surface area contributed by atoms with Gasteiger partial charge in [0.25, 0.3) is 0 Å². The summed E-state index contributed by atoms with van der Waals surface area (Å²) in [4.78, 5) is 25.9. The zero-order chi connectivity index (χ0) is 19.6. The number of rotatable bonds is 3. The summed E-state index contributed by atoms with van der Waals surface area (Å²) in [7, 11) is 1.52. The van der Waals surface area contributed by atoms with Crippen LogP contribution in [0.3, 0.4) is 0 Å². The molecular weight excluding hydrogens is 348 g/mol. The largest absolute Gasteiger partial charge is 0.509 e. The molecule has 5 rings (SSSR count). The summed E-state index contributed by atoms with van der Waals surface area (Å²) < 4.78 is 22.3. The molecule has 1 aliphatic heterocycles. The van der Waals surface area contributed by atoms with E-state index in [1.54, 1.807) is 18.2 Å². The monoisotopic (exact) mass is 372 g/mol. The van der Waals surface area contributed by atoms with Gasteiger partial charge >= 0.3 is 6.16 Å². The third-order valence-corrected chi connectivity index (χ3v) is 6.78. The van der Waals surface area contributed by atoms with Crippen LogP contribution in [0.2, 0.25) is 0 Å². The lowest BCUT2D eigenvalue weighted by atomic mass is 9.49. The molecule has 0 radical (unpaired) electrons. The van der Waals surface area contributed by atoms with E-state index in [0.29, 0.717) is 29.7 Å². The van der Waals surface area contributed by atoms with Crippen molar-refractivity contribution in [3.8, 4) is 5.75 Å².